The zero-order chi connectivity index (χ0) is 42.2. The summed E-state index contributed by atoms with van der Waals surface area (Å²) >= 11 is 0. The van der Waals surface area contributed by atoms with Crippen molar-refractivity contribution in [3.63, 3.8) is 0 Å². The number of rotatable bonds is 43. The molecule has 60 heavy (non-hydrogen) atoms. The predicted octanol–water partition coefficient (Wildman–Crippen LogP) is 4.15. The fraction of sp³-hybridized carbons (Fsp3) is 0.705. The van der Waals surface area contributed by atoms with Crippen LogP contribution in [0.4, 0.5) is 4.79 Å². The molecule has 0 spiro atoms. The molecule has 0 radical (unpaired) electrons. The molecule has 2 aromatic carbocycles. The van der Waals surface area contributed by atoms with Gasteiger partial charge in [0.2, 0.25) is 0 Å². The lowest BCUT2D eigenvalue weighted by atomic mass is 9.98. The molecule has 1 N–H and O–H groups in total. The molecule has 16 nitrogen and oxygen atoms in total. The molecular formula is C44H71NO15. The van der Waals surface area contributed by atoms with Crippen molar-refractivity contribution in [2.75, 3.05) is 185 Å². The van der Waals surface area contributed by atoms with E-state index in [4.69, 9.17) is 66.3 Å². The number of benzene rings is 2. The number of nitrogens with one attached hydrogen (secondary N) is 1. The van der Waals surface area contributed by atoms with Crippen molar-refractivity contribution in [1.29, 1.82) is 0 Å². The van der Waals surface area contributed by atoms with Crippen molar-refractivity contribution in [1.82, 2.24) is 5.32 Å². The van der Waals surface area contributed by atoms with Gasteiger partial charge in [0, 0.05) is 25.7 Å². The van der Waals surface area contributed by atoms with Gasteiger partial charge in [-0.25, -0.2) is 4.79 Å². The van der Waals surface area contributed by atoms with Crippen LogP contribution >= 0.6 is 0 Å². The summed E-state index contributed by atoms with van der Waals surface area (Å²) in [4.78, 5) is 12.3. The number of alkyl carbamates (subject to hydrolysis) is 1. The van der Waals surface area contributed by atoms with Gasteiger partial charge in [-0.15, -0.1) is 0 Å². The van der Waals surface area contributed by atoms with Crippen molar-refractivity contribution in [2.45, 2.75) is 19.3 Å². The lowest BCUT2D eigenvalue weighted by Gasteiger charge is -2.14. The Bertz CT molecular complexity index is 1250. The van der Waals surface area contributed by atoms with E-state index in [1.807, 2.05) is 31.2 Å². The van der Waals surface area contributed by atoms with Crippen molar-refractivity contribution in [3.8, 4) is 11.1 Å². The predicted molar refractivity (Wildman–Crippen MR) is 224 cm³/mol. The van der Waals surface area contributed by atoms with Crippen LogP contribution < -0.4 is 5.32 Å². The quantitative estimate of drug-likeness (QED) is 0.0949. The summed E-state index contributed by atoms with van der Waals surface area (Å²) in [6.07, 6.45) is 0.266. The van der Waals surface area contributed by atoms with E-state index in [0.717, 1.165) is 0 Å². The summed E-state index contributed by atoms with van der Waals surface area (Å²) in [5, 5.41) is 2.81. The summed E-state index contributed by atoms with van der Waals surface area (Å²) in [5.41, 5.74) is 4.80. The molecule has 1 amide bonds. The van der Waals surface area contributed by atoms with Crippen molar-refractivity contribution in [3.05, 3.63) is 59.7 Å². The first-order valence-corrected chi connectivity index (χ1v) is 21.4. The molecule has 342 valence electrons. The van der Waals surface area contributed by atoms with Gasteiger partial charge in [0.05, 0.1) is 159 Å². The standard InChI is InChI=1S/C44H71NO15/c1-2-47-14-15-49-18-19-51-22-23-53-26-27-55-30-31-57-34-35-59-37-36-58-33-32-56-29-28-54-25-24-52-21-20-50-17-16-48-13-7-12-45-44(46)60-38-43-41-10-5-3-8-39(41)40-9-4-6-11-42(40)43/h3-6,8-11,43H,2,7,12-38H2,1H3,(H,45,46). The van der Waals surface area contributed by atoms with Crippen LogP contribution in [0.15, 0.2) is 48.5 Å². The molecule has 0 fully saturated rings. The molecular weight excluding hydrogens is 782 g/mol. The first kappa shape index (κ1) is 51.5. The average Bonchev–Trinajstić information content (AvgIpc) is 3.59. The van der Waals surface area contributed by atoms with Crippen LogP contribution in [-0.4, -0.2) is 191 Å². The first-order valence-electron chi connectivity index (χ1n) is 21.4. The minimum absolute atomic E-state index is 0.0475. The van der Waals surface area contributed by atoms with Crippen LogP contribution in [0.5, 0.6) is 0 Å². The number of hydrogen-bond acceptors (Lipinski definition) is 15. The van der Waals surface area contributed by atoms with Crippen molar-refractivity contribution >= 4 is 6.09 Å². The number of carbonyl (C=O) groups excluding carboxylic acids is 1. The van der Waals surface area contributed by atoms with E-state index < -0.39 is 6.09 Å². The monoisotopic (exact) mass is 853 g/mol. The first-order chi connectivity index (χ1) is 29.8. The lowest BCUT2D eigenvalue weighted by molar-refractivity contribution is -0.0289. The molecule has 1 aliphatic carbocycles. The van der Waals surface area contributed by atoms with E-state index in [1.54, 1.807) is 0 Å². The summed E-state index contributed by atoms with van der Waals surface area (Å²) < 4.78 is 76.7. The highest BCUT2D eigenvalue weighted by atomic mass is 16.6. The van der Waals surface area contributed by atoms with Gasteiger partial charge in [0.25, 0.3) is 0 Å². The molecule has 1 aliphatic rings. The highest BCUT2D eigenvalue weighted by molar-refractivity contribution is 5.79. The maximum atomic E-state index is 12.3. The van der Waals surface area contributed by atoms with E-state index >= 15 is 0 Å². The average molecular weight is 854 g/mol. The molecule has 0 bridgehead atoms. The third-order valence-electron chi connectivity index (χ3n) is 8.75. The van der Waals surface area contributed by atoms with Gasteiger partial charge in [-0.05, 0) is 35.6 Å². The second-order valence-corrected chi connectivity index (χ2v) is 13.2. The number of ether oxygens (including phenoxy) is 14. The Labute approximate surface area is 356 Å². The van der Waals surface area contributed by atoms with Gasteiger partial charge in [0.1, 0.15) is 6.61 Å². The third-order valence-corrected chi connectivity index (χ3v) is 8.75. The van der Waals surface area contributed by atoms with Gasteiger partial charge in [-0.1, -0.05) is 48.5 Å². The lowest BCUT2D eigenvalue weighted by Crippen LogP contribution is -2.27. The SMILES string of the molecule is CCOCCOCCOCCOCCOCCOCCOCCOCCOCCOCCOCCOCCOCCCNC(=O)OCC1c2ccccc2-c2ccccc21. The van der Waals surface area contributed by atoms with E-state index in [9.17, 15) is 4.79 Å². The zero-order valence-corrected chi connectivity index (χ0v) is 35.8. The summed E-state index contributed by atoms with van der Waals surface area (Å²) in [5.74, 6) is 0.0475. The Balaban J connectivity index is 0.919. The van der Waals surface area contributed by atoms with Gasteiger partial charge >= 0.3 is 6.09 Å². The smallest absolute Gasteiger partial charge is 0.407 e. The molecule has 0 heterocycles. The van der Waals surface area contributed by atoms with Gasteiger partial charge in [0.15, 0.2) is 0 Å². The number of hydrogen-bond donors (Lipinski definition) is 1. The molecule has 0 aromatic heterocycles. The molecule has 3 rings (SSSR count). The molecule has 0 aliphatic heterocycles. The van der Waals surface area contributed by atoms with Crippen molar-refractivity contribution in [2.24, 2.45) is 0 Å². The van der Waals surface area contributed by atoms with Crippen LogP contribution in [-0.2, 0) is 66.3 Å². The molecule has 0 saturated carbocycles. The third kappa shape index (κ3) is 25.8. The maximum absolute atomic E-state index is 12.3. The Morgan fingerprint density at radius 1 is 0.417 bits per heavy atom. The fourth-order valence-electron chi connectivity index (χ4n) is 5.80. The fourth-order valence-corrected chi connectivity index (χ4v) is 5.80. The van der Waals surface area contributed by atoms with Crippen LogP contribution in [0, 0.1) is 0 Å². The largest absolute Gasteiger partial charge is 0.449 e. The minimum Gasteiger partial charge on any atom is -0.449 e. The molecule has 0 unspecified atom stereocenters. The van der Waals surface area contributed by atoms with E-state index in [0.29, 0.717) is 191 Å². The highest BCUT2D eigenvalue weighted by Crippen LogP contribution is 2.44. The van der Waals surface area contributed by atoms with E-state index in [-0.39, 0.29) is 5.92 Å². The normalized spacial score (nSPS) is 12.2. The van der Waals surface area contributed by atoms with Crippen LogP contribution in [0.1, 0.15) is 30.4 Å². The Morgan fingerprint density at radius 3 is 1.02 bits per heavy atom. The highest BCUT2D eigenvalue weighted by Gasteiger charge is 2.29. The van der Waals surface area contributed by atoms with Crippen LogP contribution in [0.2, 0.25) is 0 Å². The van der Waals surface area contributed by atoms with Gasteiger partial charge in [-0.2, -0.15) is 0 Å². The summed E-state index contributed by atoms with van der Waals surface area (Å²) in [7, 11) is 0. The van der Waals surface area contributed by atoms with Crippen molar-refractivity contribution < 1.29 is 71.1 Å². The molecule has 2 aromatic rings. The number of fused-ring (bicyclic) bond motifs is 3. The minimum atomic E-state index is -0.416. The van der Waals surface area contributed by atoms with Crippen LogP contribution in [0.3, 0.4) is 0 Å². The summed E-state index contributed by atoms with van der Waals surface area (Å²) in [6.45, 7) is 16.2. The zero-order valence-electron chi connectivity index (χ0n) is 35.8. The molecule has 16 heteroatoms. The maximum Gasteiger partial charge on any atom is 0.407 e. The Morgan fingerprint density at radius 2 is 0.700 bits per heavy atom. The second-order valence-electron chi connectivity index (χ2n) is 13.2. The van der Waals surface area contributed by atoms with E-state index in [1.165, 1.54) is 22.3 Å². The van der Waals surface area contributed by atoms with E-state index in [2.05, 4.69) is 29.6 Å². The van der Waals surface area contributed by atoms with Gasteiger partial charge in [-0.3, -0.25) is 0 Å². The number of carbonyl (C=O) groups is 1. The number of amides is 1. The summed E-state index contributed by atoms with van der Waals surface area (Å²) in [6, 6.07) is 16.6. The van der Waals surface area contributed by atoms with Gasteiger partial charge < -0.3 is 71.6 Å². The molecule has 0 saturated heterocycles. The Kier molecular flexibility index (Phi) is 32.6. The molecule has 0 atom stereocenters. The second kappa shape index (κ2) is 37.9. The topological polar surface area (TPSA) is 158 Å². The Hall–Kier alpha value is -2.81. The van der Waals surface area contributed by atoms with Crippen LogP contribution in [0.25, 0.3) is 11.1 Å².